The van der Waals surface area contributed by atoms with Crippen LogP contribution in [0, 0.1) is 0 Å². The van der Waals surface area contributed by atoms with Crippen LogP contribution in [0.4, 0.5) is 9.59 Å². The zero-order valence-electron chi connectivity index (χ0n) is 17.8. The third-order valence-electron chi connectivity index (χ3n) is 3.52. The molecule has 0 aromatic carbocycles. The van der Waals surface area contributed by atoms with E-state index in [1.807, 2.05) is 13.8 Å². The van der Waals surface area contributed by atoms with Gasteiger partial charge in [0, 0.05) is 37.8 Å². The minimum absolute atomic E-state index is 0.0242. The summed E-state index contributed by atoms with van der Waals surface area (Å²) < 4.78 is 10.1. The molecule has 0 aromatic rings. The van der Waals surface area contributed by atoms with Gasteiger partial charge in [0.05, 0.1) is 0 Å². The van der Waals surface area contributed by atoms with Gasteiger partial charge in [-0.2, -0.15) is 0 Å². The maximum absolute atomic E-state index is 11.5. The average Bonchev–Trinajstić information content (AvgIpc) is 2.57. The lowest BCUT2D eigenvalue weighted by atomic mass is 10.1. The van der Waals surface area contributed by atoms with E-state index < -0.39 is 0 Å². The fourth-order valence-corrected chi connectivity index (χ4v) is 2.15. The van der Waals surface area contributed by atoms with Gasteiger partial charge in [0.2, 0.25) is 0 Å². The molecule has 0 fully saturated rings. The Morgan fingerprint density at radius 3 is 1.70 bits per heavy atom. The summed E-state index contributed by atoms with van der Waals surface area (Å²) in [5.74, 6) is 0. The van der Waals surface area contributed by atoms with E-state index >= 15 is 0 Å². The highest BCUT2D eigenvalue weighted by molar-refractivity contribution is 5.67. The largest absolute Gasteiger partial charge is 0.448 e. The monoisotopic (exact) mass is 388 g/mol. The fourth-order valence-electron chi connectivity index (χ4n) is 2.15. The van der Waals surface area contributed by atoms with Crippen molar-refractivity contribution in [1.29, 1.82) is 0 Å². The number of rotatable bonds is 14. The second-order valence-electron chi connectivity index (χ2n) is 7.83. The highest BCUT2D eigenvalue weighted by Gasteiger charge is 2.08. The van der Waals surface area contributed by atoms with Crippen molar-refractivity contribution < 1.29 is 19.1 Å². The summed E-state index contributed by atoms with van der Waals surface area (Å²) in [6.45, 7) is 13.5. The number of amides is 2. The van der Waals surface area contributed by atoms with Crippen molar-refractivity contribution in [3.8, 4) is 0 Å². The van der Waals surface area contributed by atoms with Crippen LogP contribution in [-0.4, -0.2) is 63.2 Å². The quantitative estimate of drug-likeness (QED) is 0.341. The van der Waals surface area contributed by atoms with Crippen molar-refractivity contribution in [3.63, 3.8) is 0 Å². The van der Waals surface area contributed by atoms with E-state index in [1.54, 1.807) is 0 Å². The van der Waals surface area contributed by atoms with Gasteiger partial charge in [-0.3, -0.25) is 0 Å². The van der Waals surface area contributed by atoms with Gasteiger partial charge in [0.15, 0.2) is 0 Å². The number of alkyl carbamates (subject to hydrolysis) is 2. The van der Waals surface area contributed by atoms with Crippen molar-refractivity contribution >= 4 is 12.2 Å². The topological polar surface area (TPSA) is 101 Å². The molecular weight excluding hydrogens is 348 g/mol. The Morgan fingerprint density at radius 2 is 1.26 bits per heavy atom. The van der Waals surface area contributed by atoms with Gasteiger partial charge < -0.3 is 30.7 Å². The number of hydrogen-bond donors (Lipinski definition) is 4. The second-order valence-corrected chi connectivity index (χ2v) is 7.83. The zero-order valence-corrected chi connectivity index (χ0v) is 17.8. The van der Waals surface area contributed by atoms with E-state index in [2.05, 4.69) is 42.0 Å². The molecule has 0 bridgehead atoms. The van der Waals surface area contributed by atoms with E-state index in [1.165, 1.54) is 0 Å². The van der Waals surface area contributed by atoms with Crippen LogP contribution in [0.1, 0.15) is 60.3 Å². The number of hydrogen-bond acceptors (Lipinski definition) is 6. The number of carbonyl (C=O) groups excluding carboxylic acids is 2. The fraction of sp³-hybridized carbons (Fsp3) is 0.895. The molecule has 0 saturated heterocycles. The van der Waals surface area contributed by atoms with Gasteiger partial charge in [0.25, 0.3) is 0 Å². The molecular formula is C19H40N4O4. The lowest BCUT2D eigenvalue weighted by molar-refractivity contribution is 0.143. The Bertz CT molecular complexity index is 398. The average molecular weight is 389 g/mol. The third-order valence-corrected chi connectivity index (χ3v) is 3.52. The van der Waals surface area contributed by atoms with Crippen LogP contribution in [0.15, 0.2) is 0 Å². The third kappa shape index (κ3) is 20.6. The summed E-state index contributed by atoms with van der Waals surface area (Å²) in [6.07, 6.45) is 3.01. The zero-order chi connectivity index (χ0) is 20.5. The predicted octanol–water partition coefficient (Wildman–Crippen LogP) is 2.39. The van der Waals surface area contributed by atoms with Crippen LogP contribution in [0.2, 0.25) is 0 Å². The molecule has 0 spiro atoms. The summed E-state index contributed by atoms with van der Waals surface area (Å²) in [4.78, 5) is 22.9. The minimum atomic E-state index is -0.373. The second kappa shape index (κ2) is 15.5. The standard InChI is InChI=1S/C19H40N4O4/c1-16(2)20-12-14-26-17(24)21-10-8-6-7-9-11-22-18(25)27-15-13-23-19(3,4)5/h16,20,23H,6-15H2,1-5H3,(H,21,24)(H,22,25). The first-order valence-corrected chi connectivity index (χ1v) is 10.0. The molecule has 0 aromatic heterocycles. The minimum Gasteiger partial charge on any atom is -0.448 e. The molecule has 0 rings (SSSR count). The molecule has 4 N–H and O–H groups in total. The predicted molar refractivity (Wildman–Crippen MR) is 108 cm³/mol. The van der Waals surface area contributed by atoms with Gasteiger partial charge in [-0.05, 0) is 33.6 Å². The number of carbonyl (C=O) groups is 2. The molecule has 160 valence electrons. The molecule has 0 saturated carbocycles. The summed E-state index contributed by atoms with van der Waals surface area (Å²) in [7, 11) is 0. The molecule has 27 heavy (non-hydrogen) atoms. The molecule has 0 radical (unpaired) electrons. The molecule has 0 aliphatic heterocycles. The summed E-state index contributed by atoms with van der Waals surface area (Å²) in [6, 6.07) is 0.387. The van der Waals surface area contributed by atoms with Crippen molar-refractivity contribution in [2.75, 3.05) is 39.4 Å². The first-order valence-electron chi connectivity index (χ1n) is 10.0. The Balaban J connectivity index is 3.34. The van der Waals surface area contributed by atoms with E-state index in [9.17, 15) is 9.59 Å². The van der Waals surface area contributed by atoms with Crippen LogP contribution in [0.3, 0.4) is 0 Å². The Kier molecular flexibility index (Phi) is 14.6. The van der Waals surface area contributed by atoms with Gasteiger partial charge in [-0.25, -0.2) is 9.59 Å². The maximum Gasteiger partial charge on any atom is 0.407 e. The van der Waals surface area contributed by atoms with Gasteiger partial charge >= 0.3 is 12.2 Å². The smallest absolute Gasteiger partial charge is 0.407 e. The Hall–Kier alpha value is -1.54. The molecule has 2 amide bonds. The van der Waals surface area contributed by atoms with Crippen LogP contribution in [0.25, 0.3) is 0 Å². The van der Waals surface area contributed by atoms with Crippen LogP contribution < -0.4 is 21.3 Å². The molecule has 0 aliphatic carbocycles. The maximum atomic E-state index is 11.5. The number of ether oxygens (including phenoxy) is 2. The lowest BCUT2D eigenvalue weighted by Crippen LogP contribution is -2.39. The first kappa shape index (κ1) is 25.5. The molecule has 0 heterocycles. The SMILES string of the molecule is CC(C)NCCOC(=O)NCCCCCCNC(=O)OCCNC(C)(C)C. The van der Waals surface area contributed by atoms with Crippen molar-refractivity contribution in [2.24, 2.45) is 0 Å². The van der Waals surface area contributed by atoms with E-state index in [0.29, 0.717) is 45.4 Å². The van der Waals surface area contributed by atoms with Gasteiger partial charge in [-0.1, -0.05) is 26.7 Å². The van der Waals surface area contributed by atoms with E-state index in [4.69, 9.17) is 9.47 Å². The van der Waals surface area contributed by atoms with Crippen LogP contribution >= 0.6 is 0 Å². The van der Waals surface area contributed by atoms with Crippen LogP contribution in [0.5, 0.6) is 0 Å². The molecule has 0 aliphatic rings. The normalized spacial score (nSPS) is 11.3. The highest BCUT2D eigenvalue weighted by Crippen LogP contribution is 1.99. The summed E-state index contributed by atoms with van der Waals surface area (Å²) in [5, 5.41) is 11.9. The Labute approximate surface area is 164 Å². The van der Waals surface area contributed by atoms with Gasteiger partial charge in [0.1, 0.15) is 13.2 Å². The first-order chi connectivity index (χ1) is 12.7. The van der Waals surface area contributed by atoms with Crippen molar-refractivity contribution in [2.45, 2.75) is 71.9 Å². The number of unbranched alkanes of at least 4 members (excludes halogenated alkanes) is 3. The molecule has 8 heteroatoms. The molecule has 0 atom stereocenters. The van der Waals surface area contributed by atoms with E-state index in [-0.39, 0.29) is 17.7 Å². The van der Waals surface area contributed by atoms with E-state index in [0.717, 1.165) is 25.7 Å². The van der Waals surface area contributed by atoms with Crippen molar-refractivity contribution in [1.82, 2.24) is 21.3 Å². The lowest BCUT2D eigenvalue weighted by Gasteiger charge is -2.20. The van der Waals surface area contributed by atoms with Crippen LogP contribution in [-0.2, 0) is 9.47 Å². The highest BCUT2D eigenvalue weighted by atomic mass is 16.6. The molecule has 0 unspecified atom stereocenters. The molecule has 8 nitrogen and oxygen atoms in total. The number of nitrogens with one attached hydrogen (secondary N) is 4. The summed E-state index contributed by atoms with van der Waals surface area (Å²) >= 11 is 0. The van der Waals surface area contributed by atoms with Crippen molar-refractivity contribution in [3.05, 3.63) is 0 Å². The van der Waals surface area contributed by atoms with Gasteiger partial charge in [-0.15, -0.1) is 0 Å². The Morgan fingerprint density at radius 1 is 0.778 bits per heavy atom. The summed E-state index contributed by atoms with van der Waals surface area (Å²) in [5.41, 5.74) is 0.0242.